The molecule has 0 aromatic carbocycles. The molecule has 4 heteroatoms. The van der Waals surface area contributed by atoms with Gasteiger partial charge in [0.1, 0.15) is 13.8 Å². The van der Waals surface area contributed by atoms with E-state index in [-0.39, 0.29) is 11.5 Å². The van der Waals surface area contributed by atoms with Crippen molar-refractivity contribution in [2.24, 2.45) is 0 Å². The second kappa shape index (κ2) is 4.24. The first-order valence-corrected chi connectivity index (χ1v) is 8.52. The highest BCUT2D eigenvalue weighted by Gasteiger charge is 2.08. The van der Waals surface area contributed by atoms with E-state index in [1.165, 1.54) is 6.07 Å². The molecule has 1 aromatic rings. The first-order valence-electron chi connectivity index (χ1n) is 4.23. The topological polar surface area (TPSA) is 12.9 Å². The van der Waals surface area contributed by atoms with Crippen LogP contribution in [0.1, 0.15) is 5.69 Å². The average molecular weight is 272 g/mol. The van der Waals surface area contributed by atoms with Gasteiger partial charge in [-0.05, 0) is 22.0 Å². The average Bonchev–Trinajstić information content (AvgIpc) is 2.00. The third-order valence-corrected chi connectivity index (χ3v) is 2.67. The number of hydrogen-bond acceptors (Lipinski definition) is 1. The minimum atomic E-state index is -1.46. The molecule has 74 valence electrons. The predicted molar refractivity (Wildman–Crippen MR) is 62.1 cm³/mol. The molecule has 0 radical (unpaired) electrons. The maximum Gasteiger partial charge on any atom is 0.158 e. The molecule has 0 aliphatic heterocycles. The zero-order valence-electron chi connectivity index (χ0n) is 8.36. The molecule has 0 saturated carbocycles. The Kier molecular flexibility index (Phi) is 3.46. The zero-order chi connectivity index (χ0) is 10.8. The van der Waals surface area contributed by atoms with Crippen LogP contribution in [0.5, 0.6) is 0 Å². The van der Waals surface area contributed by atoms with Crippen LogP contribution in [0.2, 0.25) is 19.6 Å². The largest absolute Gasteiger partial charge is 0.244 e. The van der Waals surface area contributed by atoms with Crippen molar-refractivity contribution in [2.45, 2.75) is 19.6 Å². The van der Waals surface area contributed by atoms with Crippen molar-refractivity contribution in [2.75, 3.05) is 0 Å². The summed E-state index contributed by atoms with van der Waals surface area (Å²) in [4.78, 5) is 3.91. The van der Waals surface area contributed by atoms with E-state index in [4.69, 9.17) is 0 Å². The van der Waals surface area contributed by atoms with Gasteiger partial charge in [0.15, 0.2) is 5.82 Å². The van der Waals surface area contributed by atoms with Crippen LogP contribution >= 0.6 is 15.9 Å². The lowest BCUT2D eigenvalue weighted by Gasteiger charge is -2.03. The van der Waals surface area contributed by atoms with Crippen LogP contribution in [-0.2, 0) is 0 Å². The molecule has 0 saturated heterocycles. The first-order chi connectivity index (χ1) is 6.38. The lowest BCUT2D eigenvalue weighted by Crippen LogP contribution is -2.16. The highest BCUT2D eigenvalue weighted by Crippen LogP contribution is 2.11. The molecule has 0 bridgehead atoms. The summed E-state index contributed by atoms with van der Waals surface area (Å²) in [6.45, 7) is 6.32. The van der Waals surface area contributed by atoms with E-state index in [0.717, 1.165) is 0 Å². The quantitative estimate of drug-likeness (QED) is 0.522. The van der Waals surface area contributed by atoms with E-state index in [2.05, 4.69) is 52.0 Å². The number of halogens is 2. The van der Waals surface area contributed by atoms with Gasteiger partial charge in [-0.1, -0.05) is 25.6 Å². The number of pyridine rings is 1. The zero-order valence-corrected chi connectivity index (χ0v) is 10.9. The Morgan fingerprint density at radius 1 is 1.43 bits per heavy atom. The van der Waals surface area contributed by atoms with E-state index in [1.807, 2.05) is 0 Å². The van der Waals surface area contributed by atoms with Gasteiger partial charge in [-0.2, -0.15) is 0 Å². The van der Waals surface area contributed by atoms with Crippen LogP contribution in [0.15, 0.2) is 16.7 Å². The molecule has 0 unspecified atom stereocenters. The predicted octanol–water partition coefficient (Wildman–Crippen LogP) is 3.21. The van der Waals surface area contributed by atoms with E-state index in [0.29, 0.717) is 4.47 Å². The van der Waals surface area contributed by atoms with Gasteiger partial charge in [-0.15, -0.1) is 5.54 Å². The molecular formula is C10H11BrFNSi. The number of hydrogen-bond donors (Lipinski definition) is 0. The van der Waals surface area contributed by atoms with Gasteiger partial charge in [0.2, 0.25) is 0 Å². The van der Waals surface area contributed by atoms with Gasteiger partial charge in [-0.25, -0.2) is 9.37 Å². The monoisotopic (exact) mass is 271 g/mol. The maximum absolute atomic E-state index is 13.2. The summed E-state index contributed by atoms with van der Waals surface area (Å²) >= 11 is 3.14. The lowest BCUT2D eigenvalue weighted by molar-refractivity contribution is 0.616. The maximum atomic E-state index is 13.2. The van der Waals surface area contributed by atoms with E-state index in [1.54, 1.807) is 6.20 Å². The van der Waals surface area contributed by atoms with Crippen molar-refractivity contribution in [1.82, 2.24) is 4.98 Å². The Hall–Kier alpha value is -0.663. The van der Waals surface area contributed by atoms with Gasteiger partial charge in [0.05, 0.1) is 0 Å². The normalized spacial score (nSPS) is 10.6. The third-order valence-electron chi connectivity index (χ3n) is 1.36. The summed E-state index contributed by atoms with van der Waals surface area (Å²) < 4.78 is 13.9. The van der Waals surface area contributed by atoms with Crippen LogP contribution in [0.25, 0.3) is 0 Å². The second-order valence-electron chi connectivity index (χ2n) is 3.98. The van der Waals surface area contributed by atoms with Crippen molar-refractivity contribution < 1.29 is 4.39 Å². The van der Waals surface area contributed by atoms with Gasteiger partial charge >= 0.3 is 0 Å². The molecule has 0 fully saturated rings. The highest BCUT2D eigenvalue weighted by atomic mass is 79.9. The van der Waals surface area contributed by atoms with Crippen molar-refractivity contribution in [1.29, 1.82) is 0 Å². The summed E-state index contributed by atoms with van der Waals surface area (Å²) in [5.41, 5.74) is 3.30. The lowest BCUT2D eigenvalue weighted by atomic mass is 10.3. The summed E-state index contributed by atoms with van der Waals surface area (Å²) in [5.74, 6) is 2.41. The fraction of sp³-hybridized carbons (Fsp3) is 0.300. The van der Waals surface area contributed by atoms with Crippen LogP contribution in [0.4, 0.5) is 4.39 Å². The molecule has 1 aromatic heterocycles. The van der Waals surface area contributed by atoms with E-state index >= 15 is 0 Å². The van der Waals surface area contributed by atoms with Gasteiger partial charge in [0, 0.05) is 10.7 Å². The second-order valence-corrected chi connectivity index (χ2v) is 9.65. The van der Waals surface area contributed by atoms with Crippen LogP contribution in [0.3, 0.4) is 0 Å². The molecule has 1 nitrogen and oxygen atoms in total. The fourth-order valence-electron chi connectivity index (χ4n) is 0.753. The van der Waals surface area contributed by atoms with Crippen molar-refractivity contribution in [3.05, 3.63) is 28.2 Å². The molecule has 0 atom stereocenters. The van der Waals surface area contributed by atoms with E-state index in [9.17, 15) is 4.39 Å². The molecule has 1 heterocycles. The highest BCUT2D eigenvalue weighted by molar-refractivity contribution is 9.10. The van der Waals surface area contributed by atoms with E-state index < -0.39 is 8.07 Å². The molecule has 0 aliphatic carbocycles. The molecule has 0 amide bonds. The van der Waals surface area contributed by atoms with Crippen LogP contribution < -0.4 is 0 Å². The number of rotatable bonds is 0. The summed E-state index contributed by atoms with van der Waals surface area (Å²) in [6, 6.07) is 1.38. The fourth-order valence-corrected chi connectivity index (χ4v) is 1.55. The number of aromatic nitrogens is 1. The Morgan fingerprint density at radius 2 is 2.07 bits per heavy atom. The summed E-state index contributed by atoms with van der Waals surface area (Å²) in [6.07, 6.45) is 1.55. The molecule has 0 N–H and O–H groups in total. The Labute approximate surface area is 92.9 Å². The van der Waals surface area contributed by atoms with Crippen molar-refractivity contribution >= 4 is 24.0 Å². The Bertz CT molecular complexity index is 401. The van der Waals surface area contributed by atoms with Gasteiger partial charge < -0.3 is 0 Å². The standard InChI is InChI=1S/C10H11BrFNSi/c1-14(2,3)5-4-10-9(12)6-8(11)7-13-10/h6-7H,1-3H3. The van der Waals surface area contributed by atoms with Crippen LogP contribution in [0, 0.1) is 17.3 Å². The molecule has 14 heavy (non-hydrogen) atoms. The summed E-state index contributed by atoms with van der Waals surface area (Å²) in [7, 11) is -1.46. The Morgan fingerprint density at radius 3 is 2.57 bits per heavy atom. The van der Waals surface area contributed by atoms with Gasteiger partial charge in [-0.3, -0.25) is 0 Å². The molecule has 0 aliphatic rings. The minimum Gasteiger partial charge on any atom is -0.244 e. The van der Waals surface area contributed by atoms with Crippen molar-refractivity contribution in [3.8, 4) is 11.5 Å². The molecule has 1 rings (SSSR count). The number of nitrogens with zero attached hydrogens (tertiary/aromatic N) is 1. The third kappa shape index (κ3) is 3.60. The first kappa shape index (κ1) is 11.4. The SMILES string of the molecule is C[Si](C)(C)C#Cc1ncc(Br)cc1F. The summed E-state index contributed by atoms with van der Waals surface area (Å²) in [5, 5.41) is 0. The smallest absolute Gasteiger partial charge is 0.158 e. The molecule has 0 spiro atoms. The van der Waals surface area contributed by atoms with Crippen LogP contribution in [-0.4, -0.2) is 13.1 Å². The van der Waals surface area contributed by atoms with Crippen molar-refractivity contribution in [3.63, 3.8) is 0 Å². The minimum absolute atomic E-state index is 0.232. The molecular weight excluding hydrogens is 261 g/mol. The Balaban J connectivity index is 3.02. The van der Waals surface area contributed by atoms with Gasteiger partial charge in [0.25, 0.3) is 0 Å².